The Bertz CT molecular complexity index is 660. The van der Waals surface area contributed by atoms with Crippen molar-refractivity contribution in [1.82, 2.24) is 5.32 Å². The first-order valence-electron chi connectivity index (χ1n) is 5.76. The van der Waals surface area contributed by atoms with Crippen LogP contribution in [0.25, 0.3) is 0 Å². The Labute approximate surface area is 126 Å². The van der Waals surface area contributed by atoms with E-state index in [2.05, 4.69) is 5.32 Å². The van der Waals surface area contributed by atoms with E-state index in [0.29, 0.717) is 32.8 Å². The van der Waals surface area contributed by atoms with Gasteiger partial charge in [-0.2, -0.15) is 0 Å². The minimum Gasteiger partial charge on any atom is -0.454 e. The zero-order valence-corrected chi connectivity index (χ0v) is 12.1. The van der Waals surface area contributed by atoms with Gasteiger partial charge >= 0.3 is 0 Å². The first kappa shape index (κ1) is 14.5. The number of anilines is 1. The number of halogens is 2. The number of hydrogen-bond donors (Lipinski definition) is 2. The second-order valence-corrected chi connectivity index (χ2v) is 4.77. The number of nitrogen functional groups attached to an aromatic ring is 1. The molecule has 2 aromatic rings. The number of nitrogens with two attached hydrogens (primary N) is 1. The van der Waals surface area contributed by atoms with Crippen molar-refractivity contribution in [3.63, 3.8) is 0 Å². The second kappa shape index (κ2) is 6.03. The number of ether oxygens (including phenoxy) is 1. The van der Waals surface area contributed by atoms with Gasteiger partial charge in [-0.25, -0.2) is 0 Å². The van der Waals surface area contributed by atoms with Crippen LogP contribution in [0.3, 0.4) is 0 Å². The maximum Gasteiger partial charge on any atom is 0.251 e. The Balaban J connectivity index is 2.30. The smallest absolute Gasteiger partial charge is 0.251 e. The summed E-state index contributed by atoms with van der Waals surface area (Å²) in [6.45, 7) is 0. The van der Waals surface area contributed by atoms with Crippen LogP contribution in [0.1, 0.15) is 10.4 Å². The van der Waals surface area contributed by atoms with Gasteiger partial charge in [0.1, 0.15) is 16.5 Å². The molecule has 104 valence electrons. The molecule has 0 spiro atoms. The van der Waals surface area contributed by atoms with Gasteiger partial charge in [0, 0.05) is 12.6 Å². The fourth-order valence-corrected chi connectivity index (χ4v) is 1.94. The third kappa shape index (κ3) is 2.98. The first-order chi connectivity index (χ1) is 9.52. The summed E-state index contributed by atoms with van der Waals surface area (Å²) in [5.41, 5.74) is 6.66. The van der Waals surface area contributed by atoms with Gasteiger partial charge in [-0.15, -0.1) is 0 Å². The molecule has 0 bridgehead atoms. The van der Waals surface area contributed by atoms with E-state index in [1.807, 2.05) is 0 Å². The molecular formula is C14H12Cl2N2O2. The van der Waals surface area contributed by atoms with Crippen LogP contribution in [0, 0.1) is 0 Å². The number of amides is 1. The van der Waals surface area contributed by atoms with Crippen LogP contribution in [-0.4, -0.2) is 13.0 Å². The molecule has 6 heteroatoms. The van der Waals surface area contributed by atoms with E-state index >= 15 is 0 Å². The van der Waals surface area contributed by atoms with E-state index in [-0.39, 0.29) is 5.91 Å². The fraction of sp³-hybridized carbons (Fsp3) is 0.0714. The maximum absolute atomic E-state index is 11.5. The summed E-state index contributed by atoms with van der Waals surface area (Å²) in [4.78, 5) is 11.5. The van der Waals surface area contributed by atoms with E-state index in [1.165, 1.54) is 6.07 Å². The molecule has 4 nitrogen and oxygen atoms in total. The van der Waals surface area contributed by atoms with Crippen molar-refractivity contribution in [1.29, 1.82) is 0 Å². The molecule has 0 fully saturated rings. The third-order valence-corrected chi connectivity index (χ3v) is 3.44. The van der Waals surface area contributed by atoms with Crippen LogP contribution in [-0.2, 0) is 0 Å². The average Bonchev–Trinajstić information content (AvgIpc) is 2.45. The normalized spacial score (nSPS) is 10.2. The summed E-state index contributed by atoms with van der Waals surface area (Å²) in [5, 5.41) is 3.22. The maximum atomic E-state index is 11.5. The van der Waals surface area contributed by atoms with E-state index < -0.39 is 0 Å². The van der Waals surface area contributed by atoms with E-state index in [1.54, 1.807) is 37.4 Å². The summed E-state index contributed by atoms with van der Waals surface area (Å²) in [7, 11) is 1.55. The molecule has 2 rings (SSSR count). The highest BCUT2D eigenvalue weighted by atomic mass is 35.5. The predicted molar refractivity (Wildman–Crippen MR) is 80.8 cm³/mol. The lowest BCUT2D eigenvalue weighted by atomic mass is 10.2. The number of nitrogens with one attached hydrogen (secondary N) is 1. The van der Waals surface area contributed by atoms with Crippen LogP contribution in [0.15, 0.2) is 36.4 Å². The molecule has 0 saturated heterocycles. The van der Waals surface area contributed by atoms with Gasteiger partial charge < -0.3 is 15.8 Å². The van der Waals surface area contributed by atoms with Gasteiger partial charge in [0.15, 0.2) is 0 Å². The number of carbonyl (C=O) groups is 1. The van der Waals surface area contributed by atoms with Crippen LogP contribution in [0.2, 0.25) is 10.0 Å². The topological polar surface area (TPSA) is 64.3 Å². The molecule has 0 unspecified atom stereocenters. The van der Waals surface area contributed by atoms with Crippen molar-refractivity contribution in [3.8, 4) is 11.5 Å². The summed E-state index contributed by atoms with van der Waals surface area (Å²) in [6.07, 6.45) is 0. The van der Waals surface area contributed by atoms with Gasteiger partial charge in [0.05, 0.1) is 10.7 Å². The van der Waals surface area contributed by atoms with Gasteiger partial charge in [-0.3, -0.25) is 4.79 Å². The first-order valence-corrected chi connectivity index (χ1v) is 6.52. The molecule has 20 heavy (non-hydrogen) atoms. The number of rotatable bonds is 3. The highest BCUT2D eigenvalue weighted by Crippen LogP contribution is 2.36. The molecule has 0 radical (unpaired) electrons. The zero-order chi connectivity index (χ0) is 14.7. The number of benzene rings is 2. The molecule has 1 amide bonds. The predicted octanol–water partition coefficient (Wildman–Crippen LogP) is 3.73. The Kier molecular flexibility index (Phi) is 4.37. The van der Waals surface area contributed by atoms with Gasteiger partial charge in [0.2, 0.25) is 0 Å². The lowest BCUT2D eigenvalue weighted by Gasteiger charge is -2.11. The molecule has 0 heterocycles. The molecule has 0 aliphatic rings. The highest BCUT2D eigenvalue weighted by molar-refractivity contribution is 6.42. The molecule has 3 N–H and O–H groups in total. The van der Waals surface area contributed by atoms with Gasteiger partial charge in [0.25, 0.3) is 5.91 Å². The molecule has 0 aliphatic carbocycles. The van der Waals surface area contributed by atoms with Crippen LogP contribution in [0.4, 0.5) is 5.69 Å². The quantitative estimate of drug-likeness (QED) is 0.849. The van der Waals surface area contributed by atoms with E-state index in [0.717, 1.165) is 0 Å². The van der Waals surface area contributed by atoms with E-state index in [4.69, 9.17) is 33.7 Å². The molecule has 0 saturated carbocycles. The lowest BCUT2D eigenvalue weighted by molar-refractivity contribution is 0.0963. The molecule has 0 aromatic heterocycles. The summed E-state index contributed by atoms with van der Waals surface area (Å²) < 4.78 is 5.62. The zero-order valence-electron chi connectivity index (χ0n) is 10.6. The van der Waals surface area contributed by atoms with Crippen molar-refractivity contribution in [3.05, 3.63) is 52.0 Å². The highest BCUT2D eigenvalue weighted by Gasteiger charge is 2.11. The Morgan fingerprint density at radius 3 is 2.60 bits per heavy atom. The average molecular weight is 311 g/mol. The van der Waals surface area contributed by atoms with Crippen molar-refractivity contribution in [2.24, 2.45) is 0 Å². The molecule has 0 aliphatic heterocycles. The fourth-order valence-electron chi connectivity index (χ4n) is 1.61. The van der Waals surface area contributed by atoms with Gasteiger partial charge in [-0.1, -0.05) is 29.3 Å². The lowest BCUT2D eigenvalue weighted by Crippen LogP contribution is -2.17. The monoisotopic (exact) mass is 310 g/mol. The third-order valence-electron chi connectivity index (χ3n) is 2.64. The standard InChI is InChI=1S/C14H12Cl2N2O2/c1-18-14(19)8-5-6-11(10(17)7-8)20-12-4-2-3-9(15)13(12)16/h2-7H,17H2,1H3,(H,18,19). The van der Waals surface area contributed by atoms with Crippen molar-refractivity contribution >= 4 is 34.8 Å². The SMILES string of the molecule is CNC(=O)c1ccc(Oc2cccc(Cl)c2Cl)c(N)c1. The van der Waals surface area contributed by atoms with Gasteiger partial charge in [-0.05, 0) is 30.3 Å². The minimum absolute atomic E-state index is 0.218. The Morgan fingerprint density at radius 2 is 1.95 bits per heavy atom. The largest absolute Gasteiger partial charge is 0.454 e. The summed E-state index contributed by atoms with van der Waals surface area (Å²) in [5.74, 6) is 0.587. The van der Waals surface area contributed by atoms with Crippen molar-refractivity contribution < 1.29 is 9.53 Å². The Hall–Kier alpha value is -1.91. The second-order valence-electron chi connectivity index (χ2n) is 3.99. The van der Waals surface area contributed by atoms with Crippen molar-refractivity contribution in [2.45, 2.75) is 0 Å². The summed E-state index contributed by atoms with van der Waals surface area (Å²) in [6, 6.07) is 9.82. The van der Waals surface area contributed by atoms with Crippen molar-refractivity contribution in [2.75, 3.05) is 12.8 Å². The van der Waals surface area contributed by atoms with Crippen LogP contribution >= 0.6 is 23.2 Å². The van der Waals surface area contributed by atoms with Crippen LogP contribution < -0.4 is 15.8 Å². The number of hydrogen-bond acceptors (Lipinski definition) is 3. The summed E-state index contributed by atoms with van der Waals surface area (Å²) >= 11 is 11.9. The Morgan fingerprint density at radius 1 is 1.20 bits per heavy atom. The molecule has 2 aromatic carbocycles. The molecular weight excluding hydrogens is 299 g/mol. The molecule has 0 atom stereocenters. The minimum atomic E-state index is -0.218. The van der Waals surface area contributed by atoms with E-state index in [9.17, 15) is 4.79 Å². The van der Waals surface area contributed by atoms with Crippen LogP contribution in [0.5, 0.6) is 11.5 Å². The number of carbonyl (C=O) groups excluding carboxylic acids is 1.